The molecule has 0 heterocycles. The van der Waals surface area contributed by atoms with Crippen molar-refractivity contribution in [2.45, 2.75) is 18.2 Å². The van der Waals surface area contributed by atoms with E-state index in [1.54, 1.807) is 23.9 Å². The van der Waals surface area contributed by atoms with E-state index in [2.05, 4.69) is 0 Å². The van der Waals surface area contributed by atoms with Crippen LogP contribution in [0.15, 0.2) is 29.2 Å². The van der Waals surface area contributed by atoms with E-state index in [1.807, 2.05) is 12.1 Å². The van der Waals surface area contributed by atoms with Gasteiger partial charge >= 0.3 is 0 Å². The van der Waals surface area contributed by atoms with Crippen molar-refractivity contribution in [3.05, 3.63) is 29.8 Å². The maximum absolute atomic E-state index is 11.0. The molecule has 0 unspecified atom stereocenters. The van der Waals surface area contributed by atoms with Crippen LogP contribution >= 0.6 is 11.8 Å². The fourth-order valence-corrected chi connectivity index (χ4v) is 1.92. The smallest absolute Gasteiger partial charge is 0.218 e. The molecule has 0 radical (unpaired) electrons. The third-order valence-electron chi connectivity index (χ3n) is 1.88. The molecule has 80 valence electrons. The summed E-state index contributed by atoms with van der Waals surface area (Å²) < 4.78 is 0. The highest BCUT2D eigenvalue weighted by Crippen LogP contribution is 2.19. The molecule has 0 fully saturated rings. The predicted molar refractivity (Wildman–Crippen MR) is 61.0 cm³/mol. The van der Waals surface area contributed by atoms with Gasteiger partial charge < -0.3 is 5.73 Å². The summed E-state index contributed by atoms with van der Waals surface area (Å²) in [7, 11) is 0. The zero-order chi connectivity index (χ0) is 11.3. The summed E-state index contributed by atoms with van der Waals surface area (Å²) in [5.41, 5.74) is 5.73. The number of ketones is 1. The van der Waals surface area contributed by atoms with Crippen molar-refractivity contribution in [3.63, 3.8) is 0 Å². The molecule has 3 nitrogen and oxygen atoms in total. The van der Waals surface area contributed by atoms with Gasteiger partial charge in [-0.15, -0.1) is 11.8 Å². The molecule has 0 aliphatic carbocycles. The molecule has 0 bridgehead atoms. The zero-order valence-electron chi connectivity index (χ0n) is 8.53. The molecule has 0 aliphatic heterocycles. The zero-order valence-corrected chi connectivity index (χ0v) is 9.34. The lowest BCUT2D eigenvalue weighted by molar-refractivity contribution is -0.117. The van der Waals surface area contributed by atoms with Gasteiger partial charge in [-0.05, 0) is 19.1 Å². The SMILES string of the molecule is CC(=O)c1ccc(SCCC(N)=O)cc1. The van der Waals surface area contributed by atoms with Crippen LogP contribution in [0, 0.1) is 0 Å². The fraction of sp³-hybridized carbons (Fsp3) is 0.273. The maximum Gasteiger partial charge on any atom is 0.218 e. The molecule has 0 aliphatic rings. The summed E-state index contributed by atoms with van der Waals surface area (Å²) >= 11 is 1.56. The van der Waals surface area contributed by atoms with Crippen molar-refractivity contribution < 1.29 is 9.59 Å². The molecule has 1 amide bonds. The summed E-state index contributed by atoms with van der Waals surface area (Å²) in [5.74, 6) is 0.445. The Labute approximate surface area is 93.0 Å². The lowest BCUT2D eigenvalue weighted by Crippen LogP contribution is -2.10. The normalized spacial score (nSPS) is 9.93. The third kappa shape index (κ3) is 4.16. The first-order chi connectivity index (χ1) is 7.09. The molecule has 1 aromatic rings. The van der Waals surface area contributed by atoms with E-state index in [4.69, 9.17) is 5.73 Å². The minimum absolute atomic E-state index is 0.0590. The molecular weight excluding hydrogens is 210 g/mol. The van der Waals surface area contributed by atoms with Gasteiger partial charge in [0.2, 0.25) is 5.91 Å². The molecule has 0 saturated carbocycles. The maximum atomic E-state index is 11.0. The summed E-state index contributed by atoms with van der Waals surface area (Å²) in [4.78, 5) is 22.5. The van der Waals surface area contributed by atoms with E-state index < -0.39 is 0 Å². The quantitative estimate of drug-likeness (QED) is 0.612. The summed E-state index contributed by atoms with van der Waals surface area (Å²) in [5, 5.41) is 0. The van der Waals surface area contributed by atoms with Crippen molar-refractivity contribution >= 4 is 23.5 Å². The van der Waals surface area contributed by atoms with E-state index >= 15 is 0 Å². The molecule has 0 spiro atoms. The molecule has 0 saturated heterocycles. The van der Waals surface area contributed by atoms with Crippen molar-refractivity contribution in [3.8, 4) is 0 Å². The largest absolute Gasteiger partial charge is 0.370 e. The number of primary amides is 1. The van der Waals surface area contributed by atoms with Crippen LogP contribution in [-0.2, 0) is 4.79 Å². The Morgan fingerprint density at radius 2 is 1.87 bits per heavy atom. The van der Waals surface area contributed by atoms with Gasteiger partial charge in [-0.2, -0.15) is 0 Å². The van der Waals surface area contributed by atoms with Gasteiger partial charge in [0.15, 0.2) is 5.78 Å². The van der Waals surface area contributed by atoms with Crippen molar-refractivity contribution in [2.75, 3.05) is 5.75 Å². The van der Waals surface area contributed by atoms with Crippen LogP contribution < -0.4 is 5.73 Å². The van der Waals surface area contributed by atoms with Gasteiger partial charge in [0.05, 0.1) is 0 Å². The number of rotatable bonds is 5. The van der Waals surface area contributed by atoms with E-state index in [9.17, 15) is 9.59 Å². The molecule has 2 N–H and O–H groups in total. The van der Waals surface area contributed by atoms with Gasteiger partial charge in [-0.3, -0.25) is 9.59 Å². The van der Waals surface area contributed by atoms with E-state index in [0.29, 0.717) is 17.7 Å². The number of amides is 1. The molecular formula is C11H13NO2S. The van der Waals surface area contributed by atoms with Crippen molar-refractivity contribution in [1.82, 2.24) is 0 Å². The number of Topliss-reactive ketones (excluding diaryl/α,β-unsaturated/α-hetero) is 1. The Hall–Kier alpha value is -1.29. The standard InChI is InChI=1S/C11H13NO2S/c1-8(13)9-2-4-10(5-3-9)15-7-6-11(12)14/h2-5H,6-7H2,1H3,(H2,12,14). The first kappa shape index (κ1) is 11.8. The van der Waals surface area contributed by atoms with Crippen molar-refractivity contribution in [1.29, 1.82) is 0 Å². The first-order valence-corrected chi connectivity index (χ1v) is 5.60. The second kappa shape index (κ2) is 5.56. The molecule has 15 heavy (non-hydrogen) atoms. The topological polar surface area (TPSA) is 60.2 Å². The number of hydrogen-bond donors (Lipinski definition) is 1. The number of thioether (sulfide) groups is 1. The number of benzene rings is 1. The average molecular weight is 223 g/mol. The third-order valence-corrected chi connectivity index (χ3v) is 2.89. The van der Waals surface area contributed by atoms with E-state index in [0.717, 1.165) is 4.90 Å². The minimum Gasteiger partial charge on any atom is -0.370 e. The highest BCUT2D eigenvalue weighted by Gasteiger charge is 2.00. The number of nitrogens with two attached hydrogens (primary N) is 1. The highest BCUT2D eigenvalue weighted by atomic mass is 32.2. The summed E-state index contributed by atoms with van der Waals surface area (Å²) in [6.07, 6.45) is 0.374. The van der Waals surface area contributed by atoms with Crippen LogP contribution in [0.1, 0.15) is 23.7 Å². The Morgan fingerprint density at radius 1 is 1.27 bits per heavy atom. The van der Waals surface area contributed by atoms with Gasteiger partial charge in [0.25, 0.3) is 0 Å². The summed E-state index contributed by atoms with van der Waals surface area (Å²) in [6.45, 7) is 1.54. The van der Waals surface area contributed by atoms with Gasteiger partial charge in [-0.1, -0.05) is 12.1 Å². The van der Waals surface area contributed by atoms with Gasteiger partial charge in [0.1, 0.15) is 0 Å². The fourth-order valence-electron chi connectivity index (χ4n) is 1.06. The number of hydrogen-bond acceptors (Lipinski definition) is 3. The monoisotopic (exact) mass is 223 g/mol. The Bertz CT molecular complexity index is 359. The lowest BCUT2D eigenvalue weighted by Gasteiger charge is -2.00. The Morgan fingerprint density at radius 3 is 2.33 bits per heavy atom. The molecule has 0 atom stereocenters. The molecule has 1 rings (SSSR count). The van der Waals surface area contributed by atoms with E-state index in [1.165, 1.54) is 6.92 Å². The molecule has 4 heteroatoms. The van der Waals surface area contributed by atoms with Crippen LogP contribution in [0.3, 0.4) is 0 Å². The molecule has 0 aromatic heterocycles. The Balaban J connectivity index is 2.50. The summed E-state index contributed by atoms with van der Waals surface area (Å²) in [6, 6.07) is 7.33. The lowest BCUT2D eigenvalue weighted by atomic mass is 10.2. The van der Waals surface area contributed by atoms with Crippen LogP contribution in [0.5, 0.6) is 0 Å². The van der Waals surface area contributed by atoms with Crippen LogP contribution in [0.2, 0.25) is 0 Å². The van der Waals surface area contributed by atoms with Gasteiger partial charge in [-0.25, -0.2) is 0 Å². The van der Waals surface area contributed by atoms with Crippen LogP contribution in [-0.4, -0.2) is 17.4 Å². The van der Waals surface area contributed by atoms with Crippen LogP contribution in [0.4, 0.5) is 0 Å². The highest BCUT2D eigenvalue weighted by molar-refractivity contribution is 7.99. The first-order valence-electron chi connectivity index (χ1n) is 4.61. The Kier molecular flexibility index (Phi) is 4.37. The number of carbonyl (C=O) groups is 2. The average Bonchev–Trinajstić information content (AvgIpc) is 2.18. The number of carbonyl (C=O) groups excluding carboxylic acids is 2. The molecule has 1 aromatic carbocycles. The van der Waals surface area contributed by atoms with Crippen LogP contribution in [0.25, 0.3) is 0 Å². The van der Waals surface area contributed by atoms with E-state index in [-0.39, 0.29) is 11.7 Å². The minimum atomic E-state index is -0.289. The second-order valence-electron chi connectivity index (χ2n) is 3.15. The second-order valence-corrected chi connectivity index (χ2v) is 4.31. The van der Waals surface area contributed by atoms with Gasteiger partial charge in [0, 0.05) is 22.6 Å². The predicted octanol–water partition coefficient (Wildman–Crippen LogP) is 1.86. The van der Waals surface area contributed by atoms with Crippen molar-refractivity contribution in [2.24, 2.45) is 5.73 Å².